The first kappa shape index (κ1) is 12.5. The van der Waals surface area contributed by atoms with E-state index in [0.29, 0.717) is 0 Å². The van der Waals surface area contributed by atoms with Crippen LogP contribution in [0.2, 0.25) is 0 Å². The van der Waals surface area contributed by atoms with Crippen LogP contribution in [0.4, 0.5) is 0 Å². The Labute approximate surface area is 114 Å². The quantitative estimate of drug-likeness (QED) is 0.888. The average molecular weight is 258 g/mol. The number of aryl methyl sites for hydroxylation is 1. The summed E-state index contributed by atoms with van der Waals surface area (Å²) >= 11 is 0. The summed E-state index contributed by atoms with van der Waals surface area (Å²) in [6.45, 7) is 4.46. The largest absolute Gasteiger partial charge is 0.497 e. The van der Waals surface area contributed by atoms with Crippen LogP contribution < -0.4 is 10.1 Å². The molecule has 1 aliphatic rings. The van der Waals surface area contributed by atoms with Crippen LogP contribution in [-0.2, 0) is 6.42 Å². The van der Waals surface area contributed by atoms with Crippen LogP contribution in [0.1, 0.15) is 24.0 Å². The first-order chi connectivity index (χ1) is 9.28. The van der Waals surface area contributed by atoms with Gasteiger partial charge in [0.15, 0.2) is 0 Å². The van der Waals surface area contributed by atoms with Crippen molar-refractivity contribution in [3.05, 3.63) is 29.5 Å². The molecule has 1 aromatic heterocycles. The summed E-state index contributed by atoms with van der Waals surface area (Å²) in [5.74, 6) is 1.71. The van der Waals surface area contributed by atoms with Gasteiger partial charge in [0.2, 0.25) is 0 Å². The SMILES string of the molecule is COc1cc(C)c2[nH]cc(CC3CCCNC3)c2c1. The summed E-state index contributed by atoms with van der Waals surface area (Å²) in [4.78, 5) is 3.42. The fourth-order valence-corrected chi connectivity index (χ4v) is 3.13. The number of methoxy groups -OCH3 is 1. The molecule has 1 saturated heterocycles. The van der Waals surface area contributed by atoms with Gasteiger partial charge in [-0.15, -0.1) is 0 Å². The maximum Gasteiger partial charge on any atom is 0.119 e. The Morgan fingerprint density at radius 3 is 3.00 bits per heavy atom. The molecule has 1 atom stereocenters. The molecule has 3 rings (SSSR count). The molecule has 0 amide bonds. The lowest BCUT2D eigenvalue weighted by molar-refractivity contribution is 0.377. The monoisotopic (exact) mass is 258 g/mol. The maximum atomic E-state index is 5.39. The Hall–Kier alpha value is -1.48. The van der Waals surface area contributed by atoms with Crippen molar-refractivity contribution in [1.29, 1.82) is 0 Å². The Bertz CT molecular complexity index is 567. The van der Waals surface area contributed by atoms with E-state index in [9.17, 15) is 0 Å². The van der Waals surface area contributed by atoms with Crippen LogP contribution in [0.25, 0.3) is 10.9 Å². The highest BCUT2D eigenvalue weighted by molar-refractivity contribution is 5.87. The number of nitrogens with one attached hydrogen (secondary N) is 2. The summed E-state index contributed by atoms with van der Waals surface area (Å²) in [6, 6.07) is 4.25. The number of fused-ring (bicyclic) bond motifs is 1. The van der Waals surface area contributed by atoms with E-state index in [1.165, 1.54) is 41.4 Å². The topological polar surface area (TPSA) is 37.0 Å². The minimum Gasteiger partial charge on any atom is -0.497 e. The van der Waals surface area contributed by atoms with E-state index in [1.807, 2.05) is 0 Å². The molecule has 102 valence electrons. The standard InChI is InChI=1S/C16H22N2O/c1-11-6-14(19-2)8-15-13(10-18-16(11)15)7-12-4-3-5-17-9-12/h6,8,10,12,17-18H,3-5,7,9H2,1-2H3. The number of ether oxygens (including phenoxy) is 1. The summed E-state index contributed by atoms with van der Waals surface area (Å²) in [5.41, 5.74) is 3.92. The Balaban J connectivity index is 1.92. The first-order valence-electron chi connectivity index (χ1n) is 7.13. The first-order valence-corrected chi connectivity index (χ1v) is 7.13. The zero-order valence-electron chi connectivity index (χ0n) is 11.8. The van der Waals surface area contributed by atoms with E-state index >= 15 is 0 Å². The van der Waals surface area contributed by atoms with E-state index in [0.717, 1.165) is 24.6 Å². The molecular weight excluding hydrogens is 236 g/mol. The molecule has 2 heterocycles. The minimum atomic E-state index is 0.763. The van der Waals surface area contributed by atoms with Gasteiger partial charge in [0, 0.05) is 17.1 Å². The fraction of sp³-hybridized carbons (Fsp3) is 0.500. The van der Waals surface area contributed by atoms with E-state index < -0.39 is 0 Å². The van der Waals surface area contributed by atoms with Crippen molar-refractivity contribution in [2.75, 3.05) is 20.2 Å². The van der Waals surface area contributed by atoms with Gasteiger partial charge in [0.05, 0.1) is 7.11 Å². The summed E-state index contributed by atoms with van der Waals surface area (Å²) < 4.78 is 5.39. The van der Waals surface area contributed by atoms with Crippen molar-refractivity contribution in [3.8, 4) is 5.75 Å². The van der Waals surface area contributed by atoms with E-state index in [2.05, 4.69) is 35.6 Å². The lowest BCUT2D eigenvalue weighted by Crippen LogP contribution is -2.30. The van der Waals surface area contributed by atoms with Gasteiger partial charge in [-0.05, 0) is 68.5 Å². The van der Waals surface area contributed by atoms with Crippen LogP contribution in [-0.4, -0.2) is 25.2 Å². The van der Waals surface area contributed by atoms with Crippen LogP contribution in [0.5, 0.6) is 5.75 Å². The molecule has 3 heteroatoms. The van der Waals surface area contributed by atoms with Gasteiger partial charge >= 0.3 is 0 Å². The lowest BCUT2D eigenvalue weighted by atomic mass is 9.92. The summed E-state index contributed by atoms with van der Waals surface area (Å²) in [7, 11) is 1.73. The molecule has 0 bridgehead atoms. The molecule has 0 saturated carbocycles. The third kappa shape index (κ3) is 2.47. The number of piperidine rings is 1. The fourth-order valence-electron chi connectivity index (χ4n) is 3.13. The number of hydrogen-bond donors (Lipinski definition) is 2. The highest BCUT2D eigenvalue weighted by Gasteiger charge is 2.16. The number of hydrogen-bond acceptors (Lipinski definition) is 2. The van der Waals surface area contributed by atoms with Crippen LogP contribution in [0.3, 0.4) is 0 Å². The predicted molar refractivity (Wildman–Crippen MR) is 78.9 cm³/mol. The lowest BCUT2D eigenvalue weighted by Gasteiger charge is -2.22. The van der Waals surface area contributed by atoms with Crippen molar-refractivity contribution in [2.24, 2.45) is 5.92 Å². The molecular formula is C16H22N2O. The van der Waals surface area contributed by atoms with Gasteiger partial charge in [0.25, 0.3) is 0 Å². The highest BCUT2D eigenvalue weighted by Crippen LogP contribution is 2.29. The van der Waals surface area contributed by atoms with Crippen molar-refractivity contribution < 1.29 is 4.74 Å². The Kier molecular flexibility index (Phi) is 3.47. The molecule has 0 spiro atoms. The van der Waals surface area contributed by atoms with Gasteiger partial charge < -0.3 is 15.0 Å². The smallest absolute Gasteiger partial charge is 0.119 e. The number of H-pyrrole nitrogens is 1. The molecule has 1 aromatic carbocycles. The second-order valence-electron chi connectivity index (χ2n) is 5.60. The van der Waals surface area contributed by atoms with Crippen LogP contribution in [0.15, 0.2) is 18.3 Å². The Morgan fingerprint density at radius 1 is 1.37 bits per heavy atom. The number of benzene rings is 1. The molecule has 0 radical (unpaired) electrons. The summed E-state index contributed by atoms with van der Waals surface area (Å²) in [6.07, 6.45) is 5.96. The molecule has 1 aliphatic heterocycles. The van der Waals surface area contributed by atoms with E-state index in [4.69, 9.17) is 4.74 Å². The zero-order valence-corrected chi connectivity index (χ0v) is 11.8. The molecule has 3 nitrogen and oxygen atoms in total. The van der Waals surface area contributed by atoms with E-state index in [1.54, 1.807) is 7.11 Å². The van der Waals surface area contributed by atoms with Gasteiger partial charge in [0.1, 0.15) is 5.75 Å². The van der Waals surface area contributed by atoms with Crippen molar-refractivity contribution in [2.45, 2.75) is 26.2 Å². The number of aromatic amines is 1. The second kappa shape index (κ2) is 5.25. The van der Waals surface area contributed by atoms with Gasteiger partial charge in [-0.25, -0.2) is 0 Å². The van der Waals surface area contributed by atoms with Gasteiger partial charge in [-0.3, -0.25) is 0 Å². The molecule has 0 aliphatic carbocycles. The zero-order chi connectivity index (χ0) is 13.2. The van der Waals surface area contributed by atoms with E-state index in [-0.39, 0.29) is 0 Å². The van der Waals surface area contributed by atoms with Crippen molar-refractivity contribution in [3.63, 3.8) is 0 Å². The predicted octanol–water partition coefficient (Wildman–Crippen LogP) is 3.03. The number of aromatic nitrogens is 1. The van der Waals surface area contributed by atoms with Gasteiger partial charge in [-0.1, -0.05) is 0 Å². The minimum absolute atomic E-state index is 0.763. The molecule has 2 aromatic rings. The molecule has 19 heavy (non-hydrogen) atoms. The normalized spacial score (nSPS) is 19.8. The van der Waals surface area contributed by atoms with Crippen molar-refractivity contribution >= 4 is 10.9 Å². The summed E-state index contributed by atoms with van der Waals surface area (Å²) in [5, 5.41) is 4.82. The molecule has 1 unspecified atom stereocenters. The van der Waals surface area contributed by atoms with Gasteiger partial charge in [-0.2, -0.15) is 0 Å². The highest BCUT2D eigenvalue weighted by atomic mass is 16.5. The second-order valence-corrected chi connectivity index (χ2v) is 5.60. The van der Waals surface area contributed by atoms with Crippen LogP contribution >= 0.6 is 0 Å². The maximum absolute atomic E-state index is 5.39. The van der Waals surface area contributed by atoms with Crippen LogP contribution in [0, 0.1) is 12.8 Å². The Morgan fingerprint density at radius 2 is 2.26 bits per heavy atom. The number of rotatable bonds is 3. The third-order valence-electron chi connectivity index (χ3n) is 4.19. The molecule has 2 N–H and O–H groups in total. The average Bonchev–Trinajstić information content (AvgIpc) is 2.83. The molecule has 1 fully saturated rings. The van der Waals surface area contributed by atoms with Crippen molar-refractivity contribution in [1.82, 2.24) is 10.3 Å². The third-order valence-corrected chi connectivity index (χ3v) is 4.19.